The molecule has 4 atom stereocenters. The van der Waals surface area contributed by atoms with Crippen LogP contribution < -0.4 is 15.0 Å². The number of alkyl halides is 1. The molecule has 0 unspecified atom stereocenters. The molecule has 0 aliphatic carbocycles. The van der Waals surface area contributed by atoms with Crippen LogP contribution in [0.2, 0.25) is 0 Å². The van der Waals surface area contributed by atoms with Crippen molar-refractivity contribution in [3.8, 4) is 34.1 Å². The summed E-state index contributed by atoms with van der Waals surface area (Å²) in [5, 5.41) is 29.7. The average molecular weight is 440 g/mol. The third kappa shape index (κ3) is 3.70. The Hall–Kier alpha value is -3.40. The summed E-state index contributed by atoms with van der Waals surface area (Å²) in [4.78, 5) is 6.13. The molecule has 2 fully saturated rings. The van der Waals surface area contributed by atoms with Gasteiger partial charge in [0.05, 0.1) is 35.1 Å². The van der Waals surface area contributed by atoms with Crippen LogP contribution in [-0.4, -0.2) is 68.9 Å². The van der Waals surface area contributed by atoms with Gasteiger partial charge in [-0.1, -0.05) is 6.07 Å². The molecule has 2 bridgehead atoms. The minimum Gasteiger partial charge on any atom is -0.507 e. The van der Waals surface area contributed by atoms with Gasteiger partial charge in [0.2, 0.25) is 5.88 Å². The second-order valence-electron chi connectivity index (χ2n) is 8.16. The van der Waals surface area contributed by atoms with Crippen molar-refractivity contribution in [2.24, 2.45) is 0 Å². The van der Waals surface area contributed by atoms with Crippen LogP contribution in [0.1, 0.15) is 23.4 Å². The Morgan fingerprint density at radius 1 is 1.19 bits per heavy atom. The van der Waals surface area contributed by atoms with Gasteiger partial charge < -0.3 is 20.1 Å². The topological polar surface area (TPSA) is 109 Å². The molecule has 166 valence electrons. The Morgan fingerprint density at radius 3 is 2.88 bits per heavy atom. The molecular weight excluding hydrogens is 413 g/mol. The zero-order chi connectivity index (χ0) is 24.7. The Balaban J connectivity index is 1.33. The lowest BCUT2D eigenvalue weighted by atomic mass is 9.96. The number of anilines is 1. The molecule has 9 nitrogen and oxygen atoms in total. The lowest BCUT2D eigenvalue weighted by Gasteiger charge is -2.38. The van der Waals surface area contributed by atoms with Gasteiger partial charge in [0, 0.05) is 30.8 Å². The number of hydrogen-bond acceptors (Lipinski definition) is 9. The van der Waals surface area contributed by atoms with Crippen molar-refractivity contribution < 1.29 is 18.3 Å². The molecule has 0 saturated carbocycles. The van der Waals surface area contributed by atoms with Crippen LogP contribution in [0, 0.1) is 0 Å². The van der Waals surface area contributed by atoms with Crippen molar-refractivity contribution >= 4 is 5.82 Å². The van der Waals surface area contributed by atoms with Gasteiger partial charge >= 0.3 is 0 Å². The number of aromatic hydroxyl groups is 1. The first-order valence-electron chi connectivity index (χ1n) is 11.9. The molecule has 3 aromatic rings. The number of ether oxygens (including phenoxy) is 1. The SMILES string of the molecule is [2H]C([2H])([2H])Oc1cc(-c2ccc(-c3ncc(N(C)[C@@H]4C[C@@H]5CC[C@H](N5)[C@@H]4F)nn3)c(O)c2)cnn1. The zero-order valence-electron chi connectivity index (χ0n) is 20.3. The van der Waals surface area contributed by atoms with Crippen LogP contribution in [0.15, 0.2) is 36.7 Å². The fraction of sp³-hybridized carbons (Fsp3) is 0.409. The molecule has 1 aromatic carbocycles. The van der Waals surface area contributed by atoms with E-state index in [2.05, 4.69) is 30.7 Å². The van der Waals surface area contributed by atoms with Gasteiger partial charge in [-0.05, 0) is 37.0 Å². The van der Waals surface area contributed by atoms with Crippen LogP contribution in [0.5, 0.6) is 11.6 Å². The fourth-order valence-corrected chi connectivity index (χ4v) is 4.53. The molecule has 2 aliphatic rings. The highest BCUT2D eigenvalue weighted by molar-refractivity contribution is 5.72. The summed E-state index contributed by atoms with van der Waals surface area (Å²) in [5.41, 5.74) is 1.43. The predicted octanol–water partition coefficient (Wildman–Crippen LogP) is 2.38. The maximum absolute atomic E-state index is 14.9. The number of phenolic OH excluding ortho intramolecular Hbond substituents is 1. The van der Waals surface area contributed by atoms with E-state index in [1.54, 1.807) is 24.1 Å². The third-order valence-electron chi connectivity index (χ3n) is 6.27. The number of rotatable bonds is 5. The largest absolute Gasteiger partial charge is 0.507 e. The van der Waals surface area contributed by atoms with Crippen molar-refractivity contribution in [1.29, 1.82) is 0 Å². The van der Waals surface area contributed by atoms with Gasteiger partial charge in [0.25, 0.3) is 0 Å². The number of methoxy groups -OCH3 is 1. The summed E-state index contributed by atoms with van der Waals surface area (Å²) >= 11 is 0. The van der Waals surface area contributed by atoms with Crippen molar-refractivity contribution in [2.75, 3.05) is 19.0 Å². The number of piperidine rings is 1. The summed E-state index contributed by atoms with van der Waals surface area (Å²) in [6.45, 7) is 0. The maximum Gasteiger partial charge on any atom is 0.233 e. The molecular formula is C22H24FN7O2. The zero-order valence-corrected chi connectivity index (χ0v) is 17.3. The van der Waals surface area contributed by atoms with E-state index in [0.717, 1.165) is 12.8 Å². The number of halogens is 1. The first-order valence-corrected chi connectivity index (χ1v) is 10.4. The molecule has 0 spiro atoms. The number of hydrogen-bond donors (Lipinski definition) is 2. The number of aromatic nitrogens is 5. The lowest BCUT2D eigenvalue weighted by Crippen LogP contribution is -2.55. The molecule has 0 radical (unpaired) electrons. The molecule has 2 saturated heterocycles. The number of benzene rings is 1. The van der Waals surface area contributed by atoms with Gasteiger partial charge in [0.1, 0.15) is 11.9 Å². The highest BCUT2D eigenvalue weighted by atomic mass is 19.1. The van der Waals surface area contributed by atoms with E-state index in [0.29, 0.717) is 35.0 Å². The summed E-state index contributed by atoms with van der Waals surface area (Å²) < 4.78 is 41.3. The minimum atomic E-state index is -2.65. The lowest BCUT2D eigenvalue weighted by molar-refractivity contribution is 0.176. The Bertz CT molecular complexity index is 1210. The number of phenols is 1. The second-order valence-corrected chi connectivity index (χ2v) is 8.16. The van der Waals surface area contributed by atoms with Crippen LogP contribution in [0.3, 0.4) is 0 Å². The van der Waals surface area contributed by atoms with Crippen LogP contribution in [-0.2, 0) is 0 Å². The molecule has 2 aliphatic heterocycles. The van der Waals surface area contributed by atoms with E-state index in [9.17, 15) is 9.50 Å². The smallest absolute Gasteiger partial charge is 0.233 e. The highest BCUT2D eigenvalue weighted by Gasteiger charge is 2.43. The van der Waals surface area contributed by atoms with E-state index in [1.165, 1.54) is 24.5 Å². The van der Waals surface area contributed by atoms with Crippen molar-refractivity contribution in [3.05, 3.63) is 36.7 Å². The van der Waals surface area contributed by atoms with Crippen LogP contribution in [0.25, 0.3) is 22.5 Å². The third-order valence-corrected chi connectivity index (χ3v) is 6.27. The van der Waals surface area contributed by atoms with Gasteiger partial charge in [-0.2, -0.15) is 5.10 Å². The monoisotopic (exact) mass is 440 g/mol. The molecule has 5 rings (SSSR count). The Labute approximate surface area is 188 Å². The minimum absolute atomic E-state index is 0.0979. The van der Waals surface area contributed by atoms with E-state index < -0.39 is 13.2 Å². The van der Waals surface area contributed by atoms with E-state index in [4.69, 9.17) is 8.85 Å². The summed E-state index contributed by atoms with van der Waals surface area (Å²) in [7, 11) is -0.852. The van der Waals surface area contributed by atoms with Crippen LogP contribution in [0.4, 0.5) is 10.2 Å². The standard InChI is InChI=1S/C22H24FN7O2/c1-30(17-9-14-4-6-16(26-14)21(17)23)19-11-24-22(29-27-19)15-5-3-12(7-18(15)31)13-8-20(32-2)28-25-10-13/h3,5,7-8,10-11,14,16-17,21,26,31H,4,6,9H2,1-2H3/t14-,16-,17+,21-/m0/s1/i2D3. The average Bonchev–Trinajstić information content (AvgIpc) is 3.23. The second kappa shape index (κ2) is 8.27. The van der Waals surface area contributed by atoms with Gasteiger partial charge in [-0.25, -0.2) is 9.37 Å². The van der Waals surface area contributed by atoms with Crippen molar-refractivity contribution in [3.63, 3.8) is 0 Å². The number of nitrogens with zero attached hydrogens (tertiary/aromatic N) is 6. The van der Waals surface area contributed by atoms with Crippen LogP contribution >= 0.6 is 0 Å². The maximum atomic E-state index is 14.9. The molecule has 32 heavy (non-hydrogen) atoms. The quantitative estimate of drug-likeness (QED) is 0.618. The highest BCUT2D eigenvalue weighted by Crippen LogP contribution is 2.34. The molecule has 10 heteroatoms. The van der Waals surface area contributed by atoms with Gasteiger partial charge in [-0.3, -0.25) is 0 Å². The Kier molecular flexibility index (Phi) is 4.44. The molecule has 2 N–H and O–H groups in total. The van der Waals surface area contributed by atoms with Gasteiger partial charge in [0.15, 0.2) is 11.6 Å². The Morgan fingerprint density at radius 2 is 2.09 bits per heavy atom. The van der Waals surface area contributed by atoms with E-state index in [1.807, 2.05) is 0 Å². The first-order chi connectivity index (χ1) is 16.7. The van der Waals surface area contributed by atoms with E-state index in [-0.39, 0.29) is 29.5 Å². The number of nitrogens with one attached hydrogen (secondary N) is 1. The normalized spacial score (nSPS) is 26.1. The van der Waals surface area contributed by atoms with Crippen molar-refractivity contribution in [2.45, 2.75) is 43.6 Å². The summed E-state index contributed by atoms with van der Waals surface area (Å²) in [6.07, 6.45) is 4.48. The molecule has 0 amide bonds. The molecule has 4 heterocycles. The van der Waals surface area contributed by atoms with Gasteiger partial charge in [-0.15, -0.1) is 15.3 Å². The summed E-state index contributed by atoms with van der Waals surface area (Å²) in [5.74, 6) is 0.422. The fourth-order valence-electron chi connectivity index (χ4n) is 4.53. The number of fused-ring (bicyclic) bond motifs is 2. The van der Waals surface area contributed by atoms with E-state index >= 15 is 0 Å². The summed E-state index contributed by atoms with van der Waals surface area (Å²) in [6, 6.07) is 6.13. The molecule has 2 aromatic heterocycles. The first kappa shape index (κ1) is 17.2. The van der Waals surface area contributed by atoms with Crippen molar-refractivity contribution in [1.82, 2.24) is 30.7 Å². The predicted molar refractivity (Wildman–Crippen MR) is 116 cm³/mol.